The lowest BCUT2D eigenvalue weighted by atomic mass is 10.3. The van der Waals surface area contributed by atoms with Crippen molar-refractivity contribution in [2.24, 2.45) is 0 Å². The highest BCUT2D eigenvalue weighted by Crippen LogP contribution is 2.05. The number of carbonyl (C=O) groups is 2. The quantitative estimate of drug-likeness (QED) is 0.758. The second-order valence-corrected chi connectivity index (χ2v) is 3.40. The first-order chi connectivity index (χ1) is 7.65. The van der Waals surface area contributed by atoms with Crippen LogP contribution in [0, 0.1) is 0 Å². The van der Waals surface area contributed by atoms with Crippen molar-refractivity contribution in [2.75, 3.05) is 12.4 Å². The molecular formula is C10H16N4O2. The van der Waals surface area contributed by atoms with Gasteiger partial charge in [-0.05, 0) is 6.42 Å². The van der Waals surface area contributed by atoms with Crippen LogP contribution >= 0.6 is 0 Å². The molecule has 0 unspecified atom stereocenters. The van der Waals surface area contributed by atoms with Crippen LogP contribution in [-0.2, 0) is 16.1 Å². The highest BCUT2D eigenvalue weighted by molar-refractivity contribution is 5.90. The molecule has 0 bridgehead atoms. The van der Waals surface area contributed by atoms with Crippen molar-refractivity contribution in [3.63, 3.8) is 0 Å². The van der Waals surface area contributed by atoms with Gasteiger partial charge in [0.1, 0.15) is 6.54 Å². The van der Waals surface area contributed by atoms with Crippen LogP contribution in [0.15, 0.2) is 12.4 Å². The Morgan fingerprint density at radius 3 is 2.81 bits per heavy atom. The maximum atomic E-state index is 11.3. The fraction of sp³-hybridized carbons (Fsp3) is 0.500. The highest BCUT2D eigenvalue weighted by atomic mass is 16.2. The molecule has 88 valence electrons. The van der Waals surface area contributed by atoms with Crippen LogP contribution in [-0.4, -0.2) is 28.6 Å². The van der Waals surface area contributed by atoms with Crippen LogP contribution in [0.4, 0.5) is 5.69 Å². The average molecular weight is 224 g/mol. The summed E-state index contributed by atoms with van der Waals surface area (Å²) in [4.78, 5) is 22.3. The molecule has 0 saturated carbocycles. The van der Waals surface area contributed by atoms with Crippen LogP contribution in [0.5, 0.6) is 0 Å². The standard InChI is InChI=1S/C10H16N4O2/c1-3-4-9(15)13-8-5-12-14(6-8)7-10(16)11-2/h5-6H,3-4,7H2,1-2H3,(H,11,16)(H,13,15). The van der Waals surface area contributed by atoms with Crippen molar-refractivity contribution in [1.82, 2.24) is 15.1 Å². The Bertz CT molecular complexity index is 373. The van der Waals surface area contributed by atoms with Gasteiger partial charge in [-0.15, -0.1) is 0 Å². The monoisotopic (exact) mass is 224 g/mol. The van der Waals surface area contributed by atoms with E-state index in [9.17, 15) is 9.59 Å². The van der Waals surface area contributed by atoms with Gasteiger partial charge >= 0.3 is 0 Å². The first-order valence-corrected chi connectivity index (χ1v) is 5.18. The number of nitrogens with zero attached hydrogens (tertiary/aromatic N) is 2. The summed E-state index contributed by atoms with van der Waals surface area (Å²) >= 11 is 0. The molecule has 1 aromatic heterocycles. The molecule has 0 radical (unpaired) electrons. The van der Waals surface area contributed by atoms with Gasteiger partial charge in [-0.25, -0.2) is 0 Å². The summed E-state index contributed by atoms with van der Waals surface area (Å²) < 4.78 is 1.47. The zero-order chi connectivity index (χ0) is 12.0. The molecule has 0 saturated heterocycles. The number of likely N-dealkylation sites (N-methyl/N-ethyl adjacent to an activating group) is 1. The molecule has 0 fully saturated rings. The molecule has 6 nitrogen and oxygen atoms in total. The second-order valence-electron chi connectivity index (χ2n) is 3.40. The predicted octanol–water partition coefficient (Wildman–Crippen LogP) is 0.368. The molecule has 16 heavy (non-hydrogen) atoms. The number of hydrogen-bond donors (Lipinski definition) is 2. The summed E-state index contributed by atoms with van der Waals surface area (Å²) in [6.07, 6.45) is 4.44. The maximum absolute atomic E-state index is 11.3. The van der Waals surface area contributed by atoms with Crippen LogP contribution in [0.2, 0.25) is 0 Å². The van der Waals surface area contributed by atoms with Gasteiger partial charge in [0, 0.05) is 19.7 Å². The van der Waals surface area contributed by atoms with Crippen LogP contribution in [0.3, 0.4) is 0 Å². The number of aromatic nitrogens is 2. The molecule has 0 spiro atoms. The van der Waals surface area contributed by atoms with Gasteiger partial charge in [-0.1, -0.05) is 6.92 Å². The van der Waals surface area contributed by atoms with Gasteiger partial charge in [-0.2, -0.15) is 5.10 Å². The molecule has 2 amide bonds. The molecule has 0 aromatic carbocycles. The van der Waals surface area contributed by atoms with Crippen LogP contribution in [0.25, 0.3) is 0 Å². The molecule has 6 heteroatoms. The Labute approximate surface area is 94.0 Å². The van der Waals surface area contributed by atoms with E-state index in [1.807, 2.05) is 6.92 Å². The third-order valence-corrected chi connectivity index (χ3v) is 1.98. The highest BCUT2D eigenvalue weighted by Gasteiger charge is 2.05. The maximum Gasteiger partial charge on any atom is 0.241 e. The molecule has 0 atom stereocenters. The Morgan fingerprint density at radius 2 is 2.19 bits per heavy atom. The van der Waals surface area contributed by atoms with Gasteiger partial charge in [0.25, 0.3) is 0 Å². The van der Waals surface area contributed by atoms with Gasteiger partial charge in [0.15, 0.2) is 0 Å². The summed E-state index contributed by atoms with van der Waals surface area (Å²) in [5.41, 5.74) is 0.613. The van der Waals surface area contributed by atoms with Gasteiger partial charge in [0.05, 0.1) is 11.9 Å². The lowest BCUT2D eigenvalue weighted by molar-refractivity contribution is -0.121. The van der Waals surface area contributed by atoms with E-state index < -0.39 is 0 Å². The molecule has 1 aromatic rings. The first-order valence-electron chi connectivity index (χ1n) is 5.18. The fourth-order valence-corrected chi connectivity index (χ4v) is 1.19. The first kappa shape index (κ1) is 12.2. The van der Waals surface area contributed by atoms with Gasteiger partial charge in [-0.3, -0.25) is 14.3 Å². The Morgan fingerprint density at radius 1 is 1.44 bits per heavy atom. The summed E-state index contributed by atoms with van der Waals surface area (Å²) in [7, 11) is 1.57. The number of carbonyl (C=O) groups excluding carboxylic acids is 2. The van der Waals surface area contributed by atoms with Crippen molar-refractivity contribution in [1.29, 1.82) is 0 Å². The largest absolute Gasteiger partial charge is 0.358 e. The number of nitrogens with one attached hydrogen (secondary N) is 2. The van der Waals surface area contributed by atoms with E-state index in [1.54, 1.807) is 13.2 Å². The molecule has 0 aliphatic carbocycles. The molecular weight excluding hydrogens is 208 g/mol. The van der Waals surface area contributed by atoms with E-state index in [1.165, 1.54) is 10.9 Å². The number of hydrogen-bond acceptors (Lipinski definition) is 3. The van der Waals surface area contributed by atoms with Crippen molar-refractivity contribution in [3.05, 3.63) is 12.4 Å². The Kier molecular flexibility index (Phi) is 4.50. The Hall–Kier alpha value is -1.85. The third-order valence-electron chi connectivity index (χ3n) is 1.98. The lowest BCUT2D eigenvalue weighted by Gasteiger charge is -2.00. The topological polar surface area (TPSA) is 76.0 Å². The fourth-order valence-electron chi connectivity index (χ4n) is 1.19. The van der Waals surface area contributed by atoms with Crippen LogP contribution < -0.4 is 10.6 Å². The number of anilines is 1. The molecule has 0 aliphatic rings. The minimum atomic E-state index is -0.130. The average Bonchev–Trinajstić information content (AvgIpc) is 2.65. The minimum absolute atomic E-state index is 0.0398. The minimum Gasteiger partial charge on any atom is -0.358 e. The molecule has 1 rings (SSSR count). The normalized spacial score (nSPS) is 9.88. The van der Waals surface area contributed by atoms with E-state index in [0.717, 1.165) is 6.42 Å². The van der Waals surface area contributed by atoms with Crippen molar-refractivity contribution < 1.29 is 9.59 Å². The summed E-state index contributed by atoms with van der Waals surface area (Å²) in [6, 6.07) is 0. The molecule has 1 heterocycles. The van der Waals surface area contributed by atoms with Crippen molar-refractivity contribution in [3.8, 4) is 0 Å². The summed E-state index contributed by atoms with van der Waals surface area (Å²) in [6.45, 7) is 2.09. The zero-order valence-electron chi connectivity index (χ0n) is 9.49. The molecule has 2 N–H and O–H groups in total. The summed E-state index contributed by atoms with van der Waals surface area (Å²) in [5.74, 6) is -0.170. The van der Waals surface area contributed by atoms with Gasteiger partial charge in [0.2, 0.25) is 11.8 Å². The number of rotatable bonds is 5. The van der Waals surface area contributed by atoms with Crippen LogP contribution in [0.1, 0.15) is 19.8 Å². The summed E-state index contributed by atoms with van der Waals surface area (Å²) in [5, 5.41) is 9.16. The Balaban J connectivity index is 2.51. The van der Waals surface area contributed by atoms with E-state index in [-0.39, 0.29) is 18.4 Å². The second kappa shape index (κ2) is 5.89. The lowest BCUT2D eigenvalue weighted by Crippen LogP contribution is -2.23. The predicted molar refractivity (Wildman–Crippen MR) is 59.8 cm³/mol. The van der Waals surface area contributed by atoms with E-state index in [0.29, 0.717) is 12.1 Å². The van der Waals surface area contributed by atoms with E-state index >= 15 is 0 Å². The van der Waals surface area contributed by atoms with Gasteiger partial charge < -0.3 is 10.6 Å². The van der Waals surface area contributed by atoms with Crippen molar-refractivity contribution in [2.45, 2.75) is 26.3 Å². The SMILES string of the molecule is CCCC(=O)Nc1cnn(CC(=O)NC)c1. The number of amides is 2. The van der Waals surface area contributed by atoms with E-state index in [4.69, 9.17) is 0 Å². The van der Waals surface area contributed by atoms with E-state index in [2.05, 4.69) is 15.7 Å². The molecule has 0 aliphatic heterocycles. The third kappa shape index (κ3) is 3.72. The smallest absolute Gasteiger partial charge is 0.241 e. The zero-order valence-corrected chi connectivity index (χ0v) is 9.49. The van der Waals surface area contributed by atoms with Crippen molar-refractivity contribution >= 4 is 17.5 Å².